The number of benzene rings is 3. The van der Waals surface area contributed by atoms with Crippen molar-refractivity contribution in [2.24, 2.45) is 0 Å². The van der Waals surface area contributed by atoms with Gasteiger partial charge in [-0.05, 0) is 63.4 Å². The maximum Gasteiger partial charge on any atom is 0.214 e. The number of rotatable bonds is 11. The summed E-state index contributed by atoms with van der Waals surface area (Å²) >= 11 is 2.71. The molecule has 1 atom stereocenters. The highest BCUT2D eigenvalue weighted by Gasteiger charge is 2.52. The summed E-state index contributed by atoms with van der Waals surface area (Å²) in [5.41, 5.74) is 0.0390. The second-order valence-electron chi connectivity index (χ2n) is 9.70. The zero-order valence-corrected chi connectivity index (χ0v) is 23.5. The van der Waals surface area contributed by atoms with Gasteiger partial charge in [-0.25, -0.2) is 0 Å². The predicted octanol–water partition coefficient (Wildman–Crippen LogP) is 8.35. The van der Waals surface area contributed by atoms with Crippen LogP contribution >= 0.6 is 30.7 Å². The van der Waals surface area contributed by atoms with Crippen LogP contribution in [0.1, 0.15) is 46.1 Å². The van der Waals surface area contributed by atoms with Crippen molar-refractivity contribution in [3.8, 4) is 0 Å². The zero-order chi connectivity index (χ0) is 25.7. The lowest BCUT2D eigenvalue weighted by atomic mass is 10.0. The van der Waals surface area contributed by atoms with Gasteiger partial charge in [-0.2, -0.15) is 0 Å². The van der Waals surface area contributed by atoms with Crippen molar-refractivity contribution in [1.29, 1.82) is 0 Å². The molecule has 3 rings (SSSR count). The van der Waals surface area contributed by atoms with Crippen LogP contribution < -0.4 is 0 Å². The number of hydrogen-bond acceptors (Lipinski definition) is 5. The number of carbonyl (C=O) groups excluding carboxylic acids is 2. The van der Waals surface area contributed by atoms with E-state index >= 15 is 0 Å². The maximum absolute atomic E-state index is 14.7. The van der Waals surface area contributed by atoms with Crippen molar-refractivity contribution in [2.45, 2.75) is 59.8 Å². The molecule has 3 aromatic rings. The third kappa shape index (κ3) is 6.78. The third-order valence-electron chi connectivity index (χ3n) is 5.82. The Labute approximate surface area is 217 Å². The van der Waals surface area contributed by atoms with Gasteiger partial charge in [0.25, 0.3) is 0 Å². The normalized spacial score (nSPS) is 13.3. The van der Waals surface area contributed by atoms with Crippen LogP contribution in [-0.2, 0) is 14.2 Å². The van der Waals surface area contributed by atoms with E-state index in [2.05, 4.69) is 0 Å². The fourth-order valence-electron chi connectivity index (χ4n) is 4.05. The SMILES string of the molecule is CC(CP(=O)(C(=O)C(C)(C)Sc1ccccc1)C(=O)C(C)(C)Sc1ccccc1)c1ccccc1. The molecule has 0 aliphatic carbocycles. The van der Waals surface area contributed by atoms with Gasteiger partial charge in [-0.3, -0.25) is 9.59 Å². The Morgan fingerprint density at radius 3 is 1.40 bits per heavy atom. The Morgan fingerprint density at radius 1 is 0.686 bits per heavy atom. The summed E-state index contributed by atoms with van der Waals surface area (Å²) in [6, 6.07) is 28.8. The molecule has 6 heteroatoms. The van der Waals surface area contributed by atoms with E-state index in [-0.39, 0.29) is 12.1 Å². The number of thioether (sulfide) groups is 2. The quantitative estimate of drug-likeness (QED) is 0.186. The fraction of sp³-hybridized carbons (Fsp3) is 0.310. The van der Waals surface area contributed by atoms with Gasteiger partial charge < -0.3 is 4.57 Å². The third-order valence-corrected chi connectivity index (χ3v) is 12.0. The lowest BCUT2D eigenvalue weighted by molar-refractivity contribution is -0.116. The van der Waals surface area contributed by atoms with Crippen LogP contribution in [-0.4, -0.2) is 26.7 Å². The second kappa shape index (κ2) is 11.3. The van der Waals surface area contributed by atoms with E-state index in [1.54, 1.807) is 27.7 Å². The highest BCUT2D eigenvalue weighted by atomic mass is 32.2. The molecular formula is C29H33O3PS2. The summed E-state index contributed by atoms with van der Waals surface area (Å²) in [6.07, 6.45) is 0.0201. The number of carbonyl (C=O) groups is 2. The summed E-state index contributed by atoms with van der Waals surface area (Å²) < 4.78 is 12.7. The van der Waals surface area contributed by atoms with E-state index in [1.165, 1.54) is 23.5 Å². The van der Waals surface area contributed by atoms with Crippen LogP contribution in [0.25, 0.3) is 0 Å². The van der Waals surface area contributed by atoms with Crippen LogP contribution in [0.5, 0.6) is 0 Å². The molecule has 0 amide bonds. The van der Waals surface area contributed by atoms with E-state index in [4.69, 9.17) is 0 Å². The molecule has 0 heterocycles. The Kier molecular flexibility index (Phi) is 8.91. The molecule has 3 nitrogen and oxygen atoms in total. The molecule has 1 unspecified atom stereocenters. The first-order valence-corrected chi connectivity index (χ1v) is 15.2. The number of hydrogen-bond donors (Lipinski definition) is 0. The van der Waals surface area contributed by atoms with Crippen LogP contribution in [0, 0.1) is 0 Å². The summed E-state index contributed by atoms with van der Waals surface area (Å²) in [4.78, 5) is 30.0. The molecule has 0 saturated carbocycles. The molecule has 0 radical (unpaired) electrons. The topological polar surface area (TPSA) is 51.2 Å². The average Bonchev–Trinajstić information content (AvgIpc) is 2.84. The Balaban J connectivity index is 1.99. The van der Waals surface area contributed by atoms with E-state index in [9.17, 15) is 14.2 Å². The second-order valence-corrected chi connectivity index (χ2v) is 15.7. The van der Waals surface area contributed by atoms with E-state index in [0.717, 1.165) is 15.4 Å². The monoisotopic (exact) mass is 524 g/mol. The van der Waals surface area contributed by atoms with Crippen LogP contribution in [0.4, 0.5) is 0 Å². The van der Waals surface area contributed by atoms with Gasteiger partial charge in [-0.1, -0.05) is 73.7 Å². The molecule has 0 N–H and O–H groups in total. The van der Waals surface area contributed by atoms with E-state index in [0.29, 0.717) is 0 Å². The van der Waals surface area contributed by atoms with Crippen LogP contribution in [0.15, 0.2) is 101 Å². The predicted molar refractivity (Wildman–Crippen MR) is 150 cm³/mol. The molecule has 0 aliphatic heterocycles. The van der Waals surface area contributed by atoms with Crippen molar-refractivity contribution >= 4 is 41.7 Å². The summed E-state index contributed by atoms with van der Waals surface area (Å²) in [5.74, 6) is -0.204. The lowest BCUT2D eigenvalue weighted by Crippen LogP contribution is -2.37. The van der Waals surface area contributed by atoms with Gasteiger partial charge >= 0.3 is 0 Å². The molecule has 0 aliphatic rings. The van der Waals surface area contributed by atoms with Gasteiger partial charge in [0.05, 0.1) is 9.49 Å². The molecule has 0 aromatic heterocycles. The Bertz CT molecular complexity index is 1120. The molecule has 35 heavy (non-hydrogen) atoms. The first-order valence-electron chi connectivity index (χ1n) is 11.7. The van der Waals surface area contributed by atoms with Gasteiger partial charge in [0.15, 0.2) is 0 Å². The van der Waals surface area contributed by atoms with Gasteiger partial charge in [0.2, 0.25) is 18.2 Å². The standard InChI is InChI=1S/C29H33O3PS2/c1-22(23-15-9-6-10-16-23)21-33(32,26(30)28(2,3)34-24-17-11-7-12-18-24)27(31)29(4,5)35-25-19-13-8-14-20-25/h6-20,22H,21H2,1-5H3. The van der Waals surface area contributed by atoms with Gasteiger partial charge in [0, 0.05) is 16.0 Å². The molecule has 0 saturated heterocycles. The first kappa shape index (κ1) is 27.5. The van der Waals surface area contributed by atoms with E-state index in [1.807, 2.05) is 97.9 Å². The van der Waals surface area contributed by atoms with Crippen molar-refractivity contribution in [3.05, 3.63) is 96.6 Å². The van der Waals surface area contributed by atoms with Gasteiger partial charge in [-0.15, -0.1) is 23.5 Å². The van der Waals surface area contributed by atoms with Crippen molar-refractivity contribution < 1.29 is 14.2 Å². The van der Waals surface area contributed by atoms with Crippen molar-refractivity contribution in [2.75, 3.05) is 6.16 Å². The minimum atomic E-state index is -3.96. The molecule has 0 spiro atoms. The maximum atomic E-state index is 14.7. The highest BCUT2D eigenvalue weighted by Crippen LogP contribution is 2.60. The molecule has 184 valence electrons. The molecule has 0 bridgehead atoms. The Morgan fingerprint density at radius 2 is 1.03 bits per heavy atom. The summed E-state index contributed by atoms with van der Waals surface area (Å²) in [7, 11) is -3.96. The van der Waals surface area contributed by atoms with Crippen molar-refractivity contribution in [3.63, 3.8) is 0 Å². The van der Waals surface area contributed by atoms with Crippen molar-refractivity contribution in [1.82, 2.24) is 0 Å². The molecule has 0 fully saturated rings. The fourth-order valence-corrected chi connectivity index (χ4v) is 10.4. The van der Waals surface area contributed by atoms with Crippen LogP contribution in [0.2, 0.25) is 0 Å². The summed E-state index contributed by atoms with van der Waals surface area (Å²) in [6.45, 7) is 9.04. The molecule has 3 aromatic carbocycles. The zero-order valence-electron chi connectivity index (χ0n) is 20.9. The highest BCUT2D eigenvalue weighted by molar-refractivity contribution is 8.07. The minimum absolute atomic E-state index is 0.0201. The first-order chi connectivity index (χ1) is 16.5. The largest absolute Gasteiger partial charge is 0.307 e. The van der Waals surface area contributed by atoms with E-state index < -0.39 is 27.7 Å². The average molecular weight is 525 g/mol. The lowest BCUT2D eigenvalue weighted by Gasteiger charge is -2.33. The summed E-state index contributed by atoms with van der Waals surface area (Å²) in [5, 5.41) is 0. The smallest absolute Gasteiger partial charge is 0.214 e. The van der Waals surface area contributed by atoms with Crippen LogP contribution in [0.3, 0.4) is 0 Å². The van der Waals surface area contributed by atoms with Gasteiger partial charge in [0.1, 0.15) is 0 Å². The Hall–Kier alpha value is -2.07. The minimum Gasteiger partial charge on any atom is -0.307 e. The molecular weight excluding hydrogens is 491 g/mol.